The maximum atomic E-state index is 12.4. The summed E-state index contributed by atoms with van der Waals surface area (Å²) in [5.41, 5.74) is 2.57. The number of carbonyl (C=O) groups is 1. The fourth-order valence-corrected chi connectivity index (χ4v) is 2.49. The van der Waals surface area contributed by atoms with Crippen LogP contribution in [0.1, 0.15) is 10.4 Å². The van der Waals surface area contributed by atoms with Gasteiger partial charge in [0.05, 0.1) is 5.69 Å². The van der Waals surface area contributed by atoms with Crippen molar-refractivity contribution in [2.75, 3.05) is 17.3 Å². The lowest BCUT2D eigenvalue weighted by Gasteiger charge is -2.18. The first-order valence-electron chi connectivity index (χ1n) is 5.78. The minimum Gasteiger partial charge on any atom is -0.304 e. The first kappa shape index (κ1) is 11.3. The van der Waals surface area contributed by atoms with Crippen LogP contribution in [-0.2, 0) is 0 Å². The van der Waals surface area contributed by atoms with Crippen molar-refractivity contribution < 1.29 is 4.79 Å². The van der Waals surface area contributed by atoms with Crippen molar-refractivity contribution in [2.24, 2.45) is 0 Å². The molecule has 1 heterocycles. The first-order valence-corrected chi connectivity index (χ1v) is 6.32. The molecular formula is C15H12ClNO. The van der Waals surface area contributed by atoms with Crippen LogP contribution < -0.4 is 4.90 Å². The Kier molecular flexibility index (Phi) is 2.60. The Hall–Kier alpha value is -1.80. The fraction of sp³-hybridized carbons (Fsp3) is 0.133. The van der Waals surface area contributed by atoms with E-state index >= 15 is 0 Å². The van der Waals surface area contributed by atoms with E-state index in [1.54, 1.807) is 4.90 Å². The number of amides is 1. The van der Waals surface area contributed by atoms with E-state index in [1.807, 2.05) is 36.4 Å². The summed E-state index contributed by atoms with van der Waals surface area (Å²) in [6, 6.07) is 11.8. The van der Waals surface area contributed by atoms with E-state index in [0.29, 0.717) is 12.4 Å². The van der Waals surface area contributed by atoms with Gasteiger partial charge in [-0.25, -0.2) is 0 Å². The molecule has 0 saturated heterocycles. The molecule has 2 nitrogen and oxygen atoms in total. The SMILES string of the molecule is C=C(CCl)CN1C(=O)c2cccc3cccc1c23. The topological polar surface area (TPSA) is 20.3 Å². The lowest BCUT2D eigenvalue weighted by molar-refractivity contribution is 0.0995. The van der Waals surface area contributed by atoms with Crippen LogP contribution in [0.15, 0.2) is 48.6 Å². The number of hydrogen-bond acceptors (Lipinski definition) is 1. The average Bonchev–Trinajstić information content (AvgIpc) is 2.67. The monoisotopic (exact) mass is 257 g/mol. The second-order valence-corrected chi connectivity index (χ2v) is 4.72. The van der Waals surface area contributed by atoms with Gasteiger partial charge in [0.1, 0.15) is 0 Å². The van der Waals surface area contributed by atoms with Gasteiger partial charge in [0.25, 0.3) is 5.91 Å². The summed E-state index contributed by atoms with van der Waals surface area (Å²) in [7, 11) is 0. The molecule has 90 valence electrons. The van der Waals surface area contributed by atoms with E-state index in [1.165, 1.54) is 0 Å². The molecule has 2 aromatic carbocycles. The zero-order valence-corrected chi connectivity index (χ0v) is 10.6. The Morgan fingerprint density at radius 2 is 1.94 bits per heavy atom. The minimum atomic E-state index is 0.0352. The Labute approximate surface area is 110 Å². The maximum absolute atomic E-state index is 12.4. The molecule has 2 aromatic rings. The molecule has 3 heteroatoms. The second kappa shape index (κ2) is 4.14. The van der Waals surface area contributed by atoms with Crippen molar-refractivity contribution in [3.05, 3.63) is 54.1 Å². The average molecular weight is 258 g/mol. The lowest BCUT2D eigenvalue weighted by atomic mass is 10.1. The van der Waals surface area contributed by atoms with E-state index < -0.39 is 0 Å². The van der Waals surface area contributed by atoms with Crippen molar-refractivity contribution in [3.63, 3.8) is 0 Å². The number of carbonyl (C=O) groups excluding carboxylic acids is 1. The normalized spacial score (nSPS) is 13.4. The summed E-state index contributed by atoms with van der Waals surface area (Å²) in [5.74, 6) is 0.406. The van der Waals surface area contributed by atoms with Crippen molar-refractivity contribution in [1.82, 2.24) is 0 Å². The Bertz CT molecular complexity index is 657. The fourth-order valence-electron chi connectivity index (χ4n) is 2.40. The molecular weight excluding hydrogens is 246 g/mol. The molecule has 0 bridgehead atoms. The van der Waals surface area contributed by atoms with Gasteiger partial charge in [-0.2, -0.15) is 0 Å². The molecule has 0 spiro atoms. The Morgan fingerprint density at radius 3 is 2.67 bits per heavy atom. The molecule has 18 heavy (non-hydrogen) atoms. The largest absolute Gasteiger partial charge is 0.304 e. The summed E-state index contributed by atoms with van der Waals surface area (Å²) in [6.45, 7) is 4.35. The predicted molar refractivity (Wildman–Crippen MR) is 75.5 cm³/mol. The number of alkyl halides is 1. The number of hydrogen-bond donors (Lipinski definition) is 0. The van der Waals surface area contributed by atoms with E-state index in [0.717, 1.165) is 27.6 Å². The highest BCUT2D eigenvalue weighted by atomic mass is 35.5. The highest BCUT2D eigenvalue weighted by molar-refractivity contribution is 6.25. The summed E-state index contributed by atoms with van der Waals surface area (Å²) in [6.07, 6.45) is 0. The number of nitrogens with zero attached hydrogens (tertiary/aromatic N) is 1. The van der Waals surface area contributed by atoms with Gasteiger partial charge in [-0.1, -0.05) is 30.8 Å². The van der Waals surface area contributed by atoms with E-state index in [9.17, 15) is 4.79 Å². The standard InChI is InChI=1S/C15H12ClNO/c1-10(8-16)9-17-13-7-3-5-11-4-2-6-12(14(11)13)15(17)18/h2-7H,1,8-9H2. The van der Waals surface area contributed by atoms with Crippen LogP contribution in [0.3, 0.4) is 0 Å². The zero-order chi connectivity index (χ0) is 12.7. The van der Waals surface area contributed by atoms with Crippen molar-refractivity contribution in [2.45, 2.75) is 0 Å². The van der Waals surface area contributed by atoms with Gasteiger partial charge in [0.2, 0.25) is 0 Å². The van der Waals surface area contributed by atoms with Crippen molar-refractivity contribution in [3.8, 4) is 0 Å². The third kappa shape index (κ3) is 1.53. The van der Waals surface area contributed by atoms with Gasteiger partial charge < -0.3 is 4.90 Å². The molecule has 0 fully saturated rings. The van der Waals surface area contributed by atoms with Crippen LogP contribution in [-0.4, -0.2) is 18.3 Å². The number of anilines is 1. The molecule has 0 saturated carbocycles. The van der Waals surface area contributed by atoms with Crippen LogP contribution in [0, 0.1) is 0 Å². The van der Waals surface area contributed by atoms with Gasteiger partial charge in [-0.3, -0.25) is 4.79 Å². The maximum Gasteiger partial charge on any atom is 0.259 e. The van der Waals surface area contributed by atoms with Crippen LogP contribution in [0.2, 0.25) is 0 Å². The zero-order valence-electron chi connectivity index (χ0n) is 9.82. The second-order valence-electron chi connectivity index (χ2n) is 4.46. The third-order valence-electron chi connectivity index (χ3n) is 3.22. The molecule has 0 unspecified atom stereocenters. The van der Waals surface area contributed by atoms with Crippen LogP contribution in [0.5, 0.6) is 0 Å². The predicted octanol–water partition coefficient (Wildman–Crippen LogP) is 3.60. The summed E-state index contributed by atoms with van der Waals surface area (Å²) in [4.78, 5) is 14.1. The van der Waals surface area contributed by atoms with E-state index in [2.05, 4.69) is 6.58 Å². The summed E-state index contributed by atoms with van der Waals surface area (Å²) in [5, 5.41) is 2.13. The van der Waals surface area contributed by atoms with E-state index in [-0.39, 0.29) is 5.91 Å². The van der Waals surface area contributed by atoms with Crippen molar-refractivity contribution >= 4 is 34.0 Å². The lowest BCUT2D eigenvalue weighted by Crippen LogP contribution is -2.29. The minimum absolute atomic E-state index is 0.0352. The van der Waals surface area contributed by atoms with E-state index in [4.69, 9.17) is 11.6 Å². The van der Waals surface area contributed by atoms with Gasteiger partial charge in [0, 0.05) is 23.4 Å². The summed E-state index contributed by atoms with van der Waals surface area (Å²) >= 11 is 5.75. The highest BCUT2D eigenvalue weighted by Crippen LogP contribution is 2.37. The Morgan fingerprint density at radius 1 is 1.22 bits per heavy atom. The molecule has 0 N–H and O–H groups in total. The highest BCUT2D eigenvalue weighted by Gasteiger charge is 2.29. The Balaban J connectivity index is 2.16. The van der Waals surface area contributed by atoms with Gasteiger partial charge in [-0.05, 0) is 23.1 Å². The van der Waals surface area contributed by atoms with Crippen LogP contribution >= 0.6 is 11.6 Å². The smallest absolute Gasteiger partial charge is 0.259 e. The number of halogens is 1. The first-order chi connectivity index (χ1) is 8.72. The molecule has 0 aromatic heterocycles. The van der Waals surface area contributed by atoms with Crippen LogP contribution in [0.25, 0.3) is 10.8 Å². The number of rotatable bonds is 3. The van der Waals surface area contributed by atoms with Crippen molar-refractivity contribution in [1.29, 1.82) is 0 Å². The number of benzene rings is 2. The molecule has 0 radical (unpaired) electrons. The quantitative estimate of drug-likeness (QED) is 0.608. The summed E-state index contributed by atoms with van der Waals surface area (Å²) < 4.78 is 0. The molecule has 0 atom stereocenters. The van der Waals surface area contributed by atoms with Gasteiger partial charge >= 0.3 is 0 Å². The molecule has 1 aliphatic rings. The molecule has 0 aliphatic carbocycles. The van der Waals surface area contributed by atoms with Gasteiger partial charge in [0.15, 0.2) is 0 Å². The van der Waals surface area contributed by atoms with Gasteiger partial charge in [-0.15, -0.1) is 11.6 Å². The van der Waals surface area contributed by atoms with Crippen LogP contribution in [0.4, 0.5) is 5.69 Å². The molecule has 3 rings (SSSR count). The molecule has 1 amide bonds. The third-order valence-corrected chi connectivity index (χ3v) is 3.60. The molecule has 1 aliphatic heterocycles.